The van der Waals surface area contributed by atoms with Crippen molar-refractivity contribution in [3.8, 4) is 16.9 Å². The van der Waals surface area contributed by atoms with E-state index in [9.17, 15) is 18.0 Å². The van der Waals surface area contributed by atoms with Gasteiger partial charge in [0, 0.05) is 29.3 Å². The van der Waals surface area contributed by atoms with Crippen molar-refractivity contribution < 1.29 is 22.4 Å². The molecular weight excluding hydrogens is 409 g/mol. The van der Waals surface area contributed by atoms with Crippen LogP contribution in [0.2, 0.25) is 0 Å². The molecule has 0 spiro atoms. The minimum atomic E-state index is -4.57. The van der Waals surface area contributed by atoms with E-state index < -0.39 is 11.9 Å². The molecule has 5 rings (SSSR count). The summed E-state index contributed by atoms with van der Waals surface area (Å²) < 4.78 is 47.6. The smallest absolute Gasteiger partial charge is 0.435 e. The highest BCUT2D eigenvalue weighted by Crippen LogP contribution is 2.42. The lowest BCUT2D eigenvalue weighted by atomic mass is 9.94. The molecule has 1 amide bonds. The van der Waals surface area contributed by atoms with Gasteiger partial charge in [0.1, 0.15) is 5.76 Å². The monoisotopic (exact) mass is 424 g/mol. The number of nitrogens with zero attached hydrogens (tertiary/aromatic N) is 3. The molecule has 1 N–H and O–H groups in total. The van der Waals surface area contributed by atoms with Crippen LogP contribution in [0.25, 0.3) is 16.9 Å². The third kappa shape index (κ3) is 3.37. The lowest BCUT2D eigenvalue weighted by molar-refractivity contribution is -0.142. The normalized spacial score (nSPS) is 12.9. The molecule has 9 heteroatoms. The molecule has 31 heavy (non-hydrogen) atoms. The number of hydrogen-bond donors (Lipinski definition) is 1. The molecule has 6 nitrogen and oxygen atoms in total. The van der Waals surface area contributed by atoms with E-state index in [1.165, 1.54) is 17.1 Å². The minimum Gasteiger partial charge on any atom is -0.469 e. The van der Waals surface area contributed by atoms with Crippen LogP contribution >= 0.6 is 0 Å². The number of furan rings is 1. The summed E-state index contributed by atoms with van der Waals surface area (Å²) in [5, 5.41) is 6.61. The molecule has 0 saturated heterocycles. The Labute approximate surface area is 174 Å². The van der Waals surface area contributed by atoms with E-state index >= 15 is 0 Å². The standard InChI is InChI=1S/C22H15F3N4O2/c23-22(24,25)20-17-7-8-18-16(9-11-31-18)19(17)29(28-20)15-5-3-13(4-6-15)21(30)27-14-2-1-10-26-12-14/h1-6,9-12H,7-8H2,(H,27,30). The molecule has 0 bridgehead atoms. The highest BCUT2D eigenvalue weighted by Gasteiger charge is 2.41. The van der Waals surface area contributed by atoms with Gasteiger partial charge in [-0.1, -0.05) is 0 Å². The van der Waals surface area contributed by atoms with Crippen molar-refractivity contribution in [1.29, 1.82) is 0 Å². The Bertz CT molecular complexity index is 1260. The maximum atomic E-state index is 13.6. The molecule has 0 aliphatic heterocycles. The molecule has 3 heterocycles. The Balaban J connectivity index is 1.53. The SMILES string of the molecule is O=C(Nc1cccnc1)c1ccc(-n2nc(C(F)(F)F)c3c2-c2ccoc2CC3)cc1. The molecule has 1 aliphatic carbocycles. The second kappa shape index (κ2) is 7.12. The maximum Gasteiger partial charge on any atom is 0.435 e. The summed E-state index contributed by atoms with van der Waals surface area (Å²) in [5.74, 6) is 0.282. The Morgan fingerprint density at radius 3 is 2.61 bits per heavy atom. The number of halogens is 3. The number of carbonyl (C=O) groups excluding carboxylic acids is 1. The van der Waals surface area contributed by atoms with Crippen LogP contribution in [0.4, 0.5) is 18.9 Å². The Hall–Kier alpha value is -3.88. The zero-order valence-electron chi connectivity index (χ0n) is 16.0. The number of hydrogen-bond acceptors (Lipinski definition) is 4. The summed E-state index contributed by atoms with van der Waals surface area (Å²) in [7, 11) is 0. The molecular formula is C22H15F3N4O2. The first-order chi connectivity index (χ1) is 14.9. The van der Waals surface area contributed by atoms with Gasteiger partial charge in [0.25, 0.3) is 5.91 Å². The molecule has 0 radical (unpaired) electrons. The molecule has 4 aromatic rings. The molecule has 0 unspecified atom stereocenters. The van der Waals surface area contributed by atoms with Gasteiger partial charge in [0.05, 0.1) is 29.5 Å². The fraction of sp³-hybridized carbons (Fsp3) is 0.136. The van der Waals surface area contributed by atoms with E-state index in [1.807, 2.05) is 0 Å². The minimum absolute atomic E-state index is 0.153. The van der Waals surface area contributed by atoms with Gasteiger partial charge in [0.2, 0.25) is 0 Å². The van der Waals surface area contributed by atoms with Crippen LogP contribution in [0.1, 0.15) is 27.4 Å². The zero-order chi connectivity index (χ0) is 21.6. The number of nitrogens with one attached hydrogen (secondary N) is 1. The van der Waals surface area contributed by atoms with Crippen LogP contribution in [0.3, 0.4) is 0 Å². The predicted octanol–water partition coefficient (Wildman–Crippen LogP) is 4.90. The summed E-state index contributed by atoms with van der Waals surface area (Å²) in [6.07, 6.45) is 0.587. The van der Waals surface area contributed by atoms with Crippen molar-refractivity contribution in [2.45, 2.75) is 19.0 Å². The van der Waals surface area contributed by atoms with Crippen molar-refractivity contribution >= 4 is 11.6 Å². The largest absolute Gasteiger partial charge is 0.469 e. The molecule has 0 atom stereocenters. The number of amides is 1. The zero-order valence-corrected chi connectivity index (χ0v) is 16.0. The second-order valence-corrected chi connectivity index (χ2v) is 7.09. The van der Waals surface area contributed by atoms with Gasteiger partial charge in [0.15, 0.2) is 5.69 Å². The lowest BCUT2D eigenvalue weighted by Gasteiger charge is -2.15. The maximum absolute atomic E-state index is 13.6. The average molecular weight is 424 g/mol. The van der Waals surface area contributed by atoms with E-state index in [0.29, 0.717) is 40.4 Å². The topological polar surface area (TPSA) is 73.0 Å². The molecule has 0 fully saturated rings. The van der Waals surface area contributed by atoms with Crippen LogP contribution in [-0.2, 0) is 19.0 Å². The van der Waals surface area contributed by atoms with Crippen LogP contribution in [-0.4, -0.2) is 20.7 Å². The van der Waals surface area contributed by atoms with Crippen LogP contribution in [0.15, 0.2) is 65.5 Å². The van der Waals surface area contributed by atoms with Crippen LogP contribution < -0.4 is 5.32 Å². The number of fused-ring (bicyclic) bond motifs is 3. The van der Waals surface area contributed by atoms with Gasteiger partial charge < -0.3 is 9.73 Å². The van der Waals surface area contributed by atoms with E-state index in [1.54, 1.807) is 48.7 Å². The van der Waals surface area contributed by atoms with E-state index in [2.05, 4.69) is 15.4 Å². The quantitative estimate of drug-likeness (QED) is 0.508. The summed E-state index contributed by atoms with van der Waals surface area (Å²) in [6.45, 7) is 0. The Morgan fingerprint density at radius 1 is 1.10 bits per heavy atom. The third-order valence-electron chi connectivity index (χ3n) is 5.15. The van der Waals surface area contributed by atoms with Crippen molar-refractivity contribution in [1.82, 2.24) is 14.8 Å². The molecule has 1 aliphatic rings. The average Bonchev–Trinajstić information content (AvgIpc) is 3.38. The third-order valence-corrected chi connectivity index (χ3v) is 5.15. The fourth-order valence-electron chi connectivity index (χ4n) is 3.76. The van der Waals surface area contributed by atoms with Gasteiger partial charge >= 0.3 is 6.18 Å². The first-order valence-corrected chi connectivity index (χ1v) is 9.49. The first kappa shape index (κ1) is 19.1. The molecule has 1 aromatic carbocycles. The van der Waals surface area contributed by atoms with Gasteiger partial charge in [-0.15, -0.1) is 0 Å². The molecule has 156 valence electrons. The predicted molar refractivity (Wildman–Crippen MR) is 106 cm³/mol. The Kier molecular flexibility index (Phi) is 4.39. The van der Waals surface area contributed by atoms with Gasteiger partial charge in [-0.3, -0.25) is 9.78 Å². The summed E-state index contributed by atoms with van der Waals surface area (Å²) >= 11 is 0. The summed E-state index contributed by atoms with van der Waals surface area (Å²) in [5.41, 5.74) is 1.54. The number of rotatable bonds is 3. The Morgan fingerprint density at radius 2 is 1.90 bits per heavy atom. The summed E-state index contributed by atoms with van der Waals surface area (Å²) in [4.78, 5) is 16.4. The number of pyridine rings is 1. The highest BCUT2D eigenvalue weighted by atomic mass is 19.4. The molecule has 0 saturated carbocycles. The second-order valence-electron chi connectivity index (χ2n) is 7.09. The van der Waals surface area contributed by atoms with E-state index in [-0.39, 0.29) is 17.9 Å². The lowest BCUT2D eigenvalue weighted by Crippen LogP contribution is -2.12. The van der Waals surface area contributed by atoms with Crippen molar-refractivity contribution in [2.75, 3.05) is 5.32 Å². The number of alkyl halides is 3. The number of anilines is 1. The van der Waals surface area contributed by atoms with E-state index in [4.69, 9.17) is 4.42 Å². The number of aromatic nitrogens is 3. The van der Waals surface area contributed by atoms with Gasteiger partial charge in [-0.2, -0.15) is 18.3 Å². The number of benzene rings is 1. The van der Waals surface area contributed by atoms with E-state index in [0.717, 1.165) is 0 Å². The molecule has 3 aromatic heterocycles. The van der Waals surface area contributed by atoms with Crippen molar-refractivity contribution in [3.05, 3.63) is 83.7 Å². The van der Waals surface area contributed by atoms with Crippen molar-refractivity contribution in [3.63, 3.8) is 0 Å². The van der Waals surface area contributed by atoms with Crippen LogP contribution in [0.5, 0.6) is 0 Å². The number of aryl methyl sites for hydroxylation is 1. The van der Waals surface area contributed by atoms with Crippen molar-refractivity contribution in [2.24, 2.45) is 0 Å². The van der Waals surface area contributed by atoms with Crippen LogP contribution in [0, 0.1) is 0 Å². The fourth-order valence-corrected chi connectivity index (χ4v) is 3.76. The number of carbonyl (C=O) groups is 1. The highest BCUT2D eigenvalue weighted by molar-refractivity contribution is 6.04. The summed E-state index contributed by atoms with van der Waals surface area (Å²) in [6, 6.07) is 11.3. The first-order valence-electron chi connectivity index (χ1n) is 9.49. The van der Waals surface area contributed by atoms with Gasteiger partial charge in [-0.25, -0.2) is 4.68 Å². The van der Waals surface area contributed by atoms with Gasteiger partial charge in [-0.05, 0) is 48.9 Å².